The van der Waals surface area contributed by atoms with Crippen molar-refractivity contribution in [1.29, 1.82) is 0 Å². The Bertz CT molecular complexity index is 625. The lowest BCUT2D eigenvalue weighted by molar-refractivity contribution is 0.0612. The molecule has 3 rings (SSSR count). The Kier molecular flexibility index (Phi) is 4.22. The first-order valence-electron chi connectivity index (χ1n) is 7.77. The zero-order valence-corrected chi connectivity index (χ0v) is 13.7. The van der Waals surface area contributed by atoms with Crippen molar-refractivity contribution in [3.63, 3.8) is 0 Å². The van der Waals surface area contributed by atoms with E-state index in [1.807, 2.05) is 18.5 Å². The second-order valence-corrected chi connectivity index (χ2v) is 6.48. The first kappa shape index (κ1) is 14.9. The molecule has 0 bridgehead atoms. The Morgan fingerprint density at radius 2 is 2.10 bits per heavy atom. The van der Waals surface area contributed by atoms with Gasteiger partial charge in [0, 0.05) is 26.3 Å². The molecule has 116 valence electrons. The molecule has 0 amide bonds. The summed E-state index contributed by atoms with van der Waals surface area (Å²) in [5, 5.41) is 4.49. The summed E-state index contributed by atoms with van der Waals surface area (Å²) in [4.78, 5) is 4.76. The van der Waals surface area contributed by atoms with E-state index >= 15 is 0 Å². The highest BCUT2D eigenvalue weighted by atomic mass is 35.5. The molecule has 1 aliphatic rings. The molecule has 5 nitrogen and oxygen atoms in total. The van der Waals surface area contributed by atoms with Crippen LogP contribution in [0.2, 0.25) is 0 Å². The molecule has 1 unspecified atom stereocenters. The van der Waals surface area contributed by atoms with E-state index in [0.29, 0.717) is 5.92 Å². The van der Waals surface area contributed by atoms with Crippen LogP contribution in [0.25, 0.3) is 11.2 Å². The van der Waals surface area contributed by atoms with Gasteiger partial charge in [-0.1, -0.05) is 0 Å². The molecule has 0 saturated carbocycles. The number of hydrogen-bond donors (Lipinski definition) is 0. The number of imidazole rings is 1. The van der Waals surface area contributed by atoms with Crippen LogP contribution in [0, 0.1) is 12.8 Å². The Labute approximate surface area is 130 Å². The first-order valence-corrected chi connectivity index (χ1v) is 8.20. The molecule has 0 spiro atoms. The van der Waals surface area contributed by atoms with Crippen molar-refractivity contribution in [2.75, 3.05) is 13.2 Å². The molecule has 0 aromatic carbocycles. The van der Waals surface area contributed by atoms with Gasteiger partial charge in [-0.2, -0.15) is 5.10 Å². The van der Waals surface area contributed by atoms with Gasteiger partial charge in [-0.25, -0.2) is 9.67 Å². The predicted molar refractivity (Wildman–Crippen MR) is 83.7 cm³/mol. The van der Waals surface area contributed by atoms with Gasteiger partial charge in [0.05, 0.1) is 11.1 Å². The molecular weight excluding hydrogens is 288 g/mol. The number of rotatable bonds is 4. The lowest BCUT2D eigenvalue weighted by atomic mass is 10.0. The van der Waals surface area contributed by atoms with Gasteiger partial charge in [-0.3, -0.25) is 0 Å². The van der Waals surface area contributed by atoms with E-state index in [0.717, 1.165) is 61.8 Å². The monoisotopic (exact) mass is 310 g/mol. The van der Waals surface area contributed by atoms with Gasteiger partial charge in [-0.15, -0.1) is 11.6 Å². The minimum absolute atomic E-state index is 0.0954. The van der Waals surface area contributed by atoms with Crippen molar-refractivity contribution >= 4 is 22.8 Å². The molecule has 1 aliphatic heterocycles. The molecule has 1 fully saturated rings. The average Bonchev–Trinajstić information content (AvgIpc) is 2.99. The van der Waals surface area contributed by atoms with Crippen molar-refractivity contribution in [3.05, 3.63) is 11.5 Å². The van der Waals surface area contributed by atoms with Gasteiger partial charge in [-0.05, 0) is 39.5 Å². The Morgan fingerprint density at radius 1 is 1.38 bits per heavy atom. The molecule has 21 heavy (non-hydrogen) atoms. The van der Waals surface area contributed by atoms with Crippen molar-refractivity contribution in [3.8, 4) is 0 Å². The van der Waals surface area contributed by atoms with E-state index in [2.05, 4.69) is 16.6 Å². The summed E-state index contributed by atoms with van der Waals surface area (Å²) in [7, 11) is 0. The summed E-state index contributed by atoms with van der Waals surface area (Å²) in [6, 6.07) is 0. The van der Waals surface area contributed by atoms with Crippen molar-refractivity contribution in [2.45, 2.75) is 52.1 Å². The summed E-state index contributed by atoms with van der Waals surface area (Å²) >= 11 is 6.36. The second kappa shape index (κ2) is 5.97. The predicted octanol–water partition coefficient (Wildman–Crippen LogP) is 3.29. The van der Waals surface area contributed by atoms with Crippen LogP contribution in [0.3, 0.4) is 0 Å². The highest BCUT2D eigenvalue weighted by Gasteiger charge is 2.24. The van der Waals surface area contributed by atoms with E-state index in [9.17, 15) is 0 Å². The Morgan fingerprint density at radius 3 is 2.71 bits per heavy atom. The SMILES string of the molecule is CCn1nc(C)c2nc(C(C)Cl)n(CC3CCOCC3)c21. The molecule has 6 heteroatoms. The van der Waals surface area contributed by atoms with Crippen LogP contribution in [-0.2, 0) is 17.8 Å². The molecule has 2 aromatic rings. The van der Waals surface area contributed by atoms with E-state index in [1.165, 1.54) is 0 Å². The van der Waals surface area contributed by atoms with E-state index in [1.54, 1.807) is 0 Å². The lowest BCUT2D eigenvalue weighted by Crippen LogP contribution is -2.22. The maximum atomic E-state index is 6.36. The summed E-state index contributed by atoms with van der Waals surface area (Å²) in [6.45, 7) is 9.64. The standard InChI is InChI=1S/C15H23ClN4O/c1-4-20-15-13(11(3)18-20)17-14(10(2)16)19(15)9-12-5-7-21-8-6-12/h10,12H,4-9H2,1-3H3. The molecule has 1 atom stereocenters. The number of hydrogen-bond acceptors (Lipinski definition) is 3. The van der Waals surface area contributed by atoms with Crippen LogP contribution in [0.5, 0.6) is 0 Å². The van der Waals surface area contributed by atoms with Crippen LogP contribution >= 0.6 is 11.6 Å². The van der Waals surface area contributed by atoms with Crippen molar-refractivity contribution in [1.82, 2.24) is 19.3 Å². The molecule has 0 N–H and O–H groups in total. The summed E-state index contributed by atoms with van der Waals surface area (Å²) in [5.74, 6) is 1.59. The van der Waals surface area contributed by atoms with Gasteiger partial charge < -0.3 is 9.30 Å². The highest BCUT2D eigenvalue weighted by Crippen LogP contribution is 2.29. The summed E-state index contributed by atoms with van der Waals surface area (Å²) in [5.41, 5.74) is 3.09. The Hall–Kier alpha value is -1.07. The number of alkyl halides is 1. The number of aryl methyl sites for hydroxylation is 2. The number of halogens is 1. The third kappa shape index (κ3) is 2.69. The smallest absolute Gasteiger partial charge is 0.158 e. The molecule has 0 aliphatic carbocycles. The summed E-state index contributed by atoms with van der Waals surface area (Å²) < 4.78 is 9.79. The number of aromatic nitrogens is 4. The van der Waals surface area contributed by atoms with Gasteiger partial charge in [0.25, 0.3) is 0 Å². The largest absolute Gasteiger partial charge is 0.381 e. The summed E-state index contributed by atoms with van der Waals surface area (Å²) in [6.07, 6.45) is 2.21. The third-order valence-electron chi connectivity index (χ3n) is 4.27. The van der Waals surface area contributed by atoms with E-state index in [-0.39, 0.29) is 5.38 Å². The van der Waals surface area contributed by atoms with Crippen molar-refractivity contribution < 1.29 is 4.74 Å². The molecule has 0 radical (unpaired) electrons. The third-order valence-corrected chi connectivity index (χ3v) is 4.46. The average molecular weight is 311 g/mol. The molecule has 3 heterocycles. The van der Waals surface area contributed by atoms with Crippen LogP contribution in [0.4, 0.5) is 0 Å². The fourth-order valence-electron chi connectivity index (χ4n) is 3.13. The van der Waals surface area contributed by atoms with E-state index in [4.69, 9.17) is 21.3 Å². The topological polar surface area (TPSA) is 44.9 Å². The quantitative estimate of drug-likeness (QED) is 0.814. The number of ether oxygens (including phenoxy) is 1. The van der Waals surface area contributed by atoms with Crippen LogP contribution in [0.1, 0.15) is 43.6 Å². The van der Waals surface area contributed by atoms with Crippen LogP contribution in [-0.4, -0.2) is 32.5 Å². The lowest BCUT2D eigenvalue weighted by Gasteiger charge is -2.24. The van der Waals surface area contributed by atoms with Crippen LogP contribution < -0.4 is 0 Å². The minimum Gasteiger partial charge on any atom is -0.381 e. The van der Waals surface area contributed by atoms with Gasteiger partial charge in [0.1, 0.15) is 11.3 Å². The zero-order chi connectivity index (χ0) is 15.0. The highest BCUT2D eigenvalue weighted by molar-refractivity contribution is 6.20. The molecular formula is C15H23ClN4O. The molecule has 1 saturated heterocycles. The number of nitrogens with zero attached hydrogens (tertiary/aromatic N) is 4. The van der Waals surface area contributed by atoms with E-state index < -0.39 is 0 Å². The minimum atomic E-state index is -0.0954. The Balaban J connectivity index is 2.05. The second-order valence-electron chi connectivity index (χ2n) is 5.83. The first-order chi connectivity index (χ1) is 10.1. The maximum absolute atomic E-state index is 6.36. The van der Waals surface area contributed by atoms with Gasteiger partial charge in [0.2, 0.25) is 0 Å². The number of fused-ring (bicyclic) bond motifs is 1. The fraction of sp³-hybridized carbons (Fsp3) is 0.733. The van der Waals surface area contributed by atoms with Crippen molar-refractivity contribution in [2.24, 2.45) is 5.92 Å². The molecule has 2 aromatic heterocycles. The normalized spacial score (nSPS) is 18.5. The van der Waals surface area contributed by atoms with Gasteiger partial charge >= 0.3 is 0 Å². The fourth-order valence-corrected chi connectivity index (χ4v) is 3.30. The van der Waals surface area contributed by atoms with Crippen LogP contribution in [0.15, 0.2) is 0 Å². The maximum Gasteiger partial charge on any atom is 0.158 e. The van der Waals surface area contributed by atoms with Gasteiger partial charge in [0.15, 0.2) is 5.65 Å². The zero-order valence-electron chi connectivity index (χ0n) is 13.0.